The molecule has 0 fully saturated rings. The van der Waals surface area contributed by atoms with E-state index < -0.39 is 10.0 Å². The van der Waals surface area contributed by atoms with E-state index in [0.29, 0.717) is 12.1 Å². The third-order valence-corrected chi connectivity index (χ3v) is 6.91. The molecule has 0 aliphatic carbocycles. The van der Waals surface area contributed by atoms with Crippen molar-refractivity contribution in [3.05, 3.63) is 125 Å². The lowest BCUT2D eigenvalue weighted by Gasteiger charge is -2.09. The van der Waals surface area contributed by atoms with Crippen molar-refractivity contribution in [3.63, 3.8) is 0 Å². The molecule has 2 N–H and O–H groups in total. The van der Waals surface area contributed by atoms with Gasteiger partial charge in [0.25, 0.3) is 5.91 Å². The van der Waals surface area contributed by atoms with E-state index in [1.165, 1.54) is 0 Å². The van der Waals surface area contributed by atoms with Crippen LogP contribution >= 0.6 is 0 Å². The van der Waals surface area contributed by atoms with Crippen molar-refractivity contribution in [1.29, 1.82) is 0 Å². The number of benzene rings is 4. The third kappa shape index (κ3) is 5.98. The number of carbonyl (C=O) groups excluding carboxylic acids is 1. The summed E-state index contributed by atoms with van der Waals surface area (Å²) in [6, 6.07) is 31.4. The molecule has 0 aliphatic heterocycles. The van der Waals surface area contributed by atoms with E-state index in [4.69, 9.17) is 0 Å². The minimum atomic E-state index is -3.61. The van der Waals surface area contributed by atoms with Crippen LogP contribution in [0.25, 0.3) is 11.1 Å². The van der Waals surface area contributed by atoms with Crippen molar-refractivity contribution in [2.45, 2.75) is 24.9 Å². The van der Waals surface area contributed by atoms with Gasteiger partial charge in [0.1, 0.15) is 0 Å². The average molecular weight is 471 g/mol. The van der Waals surface area contributed by atoms with Gasteiger partial charge in [-0.25, -0.2) is 13.1 Å². The SMILES string of the molecule is Cc1cccc(CNC(=O)c2ccc(-c3ccc(S(=O)(=O)NCc4ccccc4)cc3)cc2)c1. The quantitative estimate of drug-likeness (QED) is 0.378. The van der Waals surface area contributed by atoms with Gasteiger partial charge in [-0.1, -0.05) is 84.4 Å². The Balaban J connectivity index is 1.38. The van der Waals surface area contributed by atoms with Crippen LogP contribution in [0.4, 0.5) is 0 Å². The molecule has 6 heteroatoms. The van der Waals surface area contributed by atoms with Crippen molar-refractivity contribution < 1.29 is 13.2 Å². The maximum Gasteiger partial charge on any atom is 0.251 e. The van der Waals surface area contributed by atoms with Crippen LogP contribution in [-0.2, 0) is 23.1 Å². The van der Waals surface area contributed by atoms with Gasteiger partial charge in [0.05, 0.1) is 4.90 Å². The van der Waals surface area contributed by atoms with Gasteiger partial charge in [-0.3, -0.25) is 4.79 Å². The van der Waals surface area contributed by atoms with Crippen molar-refractivity contribution in [2.75, 3.05) is 0 Å². The predicted octanol–water partition coefficient (Wildman–Crippen LogP) is 5.07. The lowest BCUT2D eigenvalue weighted by molar-refractivity contribution is 0.0951. The third-order valence-electron chi connectivity index (χ3n) is 5.49. The van der Waals surface area contributed by atoms with Crippen molar-refractivity contribution in [3.8, 4) is 11.1 Å². The summed E-state index contributed by atoms with van der Waals surface area (Å²) in [5, 5.41) is 2.94. The summed E-state index contributed by atoms with van der Waals surface area (Å²) < 4.78 is 27.8. The number of sulfonamides is 1. The Hall–Kier alpha value is -3.74. The first-order chi connectivity index (χ1) is 16.4. The van der Waals surface area contributed by atoms with Gasteiger partial charge in [0.15, 0.2) is 0 Å². The molecule has 172 valence electrons. The Morgan fingerprint density at radius 3 is 1.97 bits per heavy atom. The molecule has 0 unspecified atom stereocenters. The van der Waals surface area contributed by atoms with Gasteiger partial charge in [0.2, 0.25) is 10.0 Å². The molecule has 1 amide bonds. The zero-order chi connectivity index (χ0) is 24.0. The summed E-state index contributed by atoms with van der Waals surface area (Å²) in [5.41, 5.74) is 5.44. The van der Waals surface area contributed by atoms with E-state index in [9.17, 15) is 13.2 Å². The fraction of sp³-hybridized carbons (Fsp3) is 0.107. The standard InChI is InChI=1S/C28H26N2O3S/c1-21-6-5-9-23(18-21)19-29-28(31)26-12-10-24(11-13-26)25-14-16-27(17-15-25)34(32,33)30-20-22-7-3-2-4-8-22/h2-18,30H,19-20H2,1H3,(H,29,31). The first-order valence-electron chi connectivity index (χ1n) is 11.0. The molecule has 0 radical (unpaired) electrons. The van der Waals surface area contributed by atoms with Crippen molar-refractivity contribution >= 4 is 15.9 Å². The first-order valence-corrected chi connectivity index (χ1v) is 12.5. The number of nitrogens with one attached hydrogen (secondary N) is 2. The molecule has 4 aromatic carbocycles. The summed E-state index contributed by atoms with van der Waals surface area (Å²) in [5.74, 6) is -0.140. The lowest BCUT2D eigenvalue weighted by atomic mass is 10.0. The number of carbonyl (C=O) groups is 1. The maximum absolute atomic E-state index is 12.6. The maximum atomic E-state index is 12.6. The van der Waals surface area contributed by atoms with Crippen LogP contribution in [0.1, 0.15) is 27.0 Å². The number of rotatable bonds is 8. The molecule has 0 spiro atoms. The molecular formula is C28H26N2O3S. The van der Waals surface area contributed by atoms with E-state index in [-0.39, 0.29) is 17.3 Å². The normalized spacial score (nSPS) is 11.2. The molecule has 5 nitrogen and oxygen atoms in total. The molecule has 0 aromatic heterocycles. The minimum absolute atomic E-state index is 0.140. The Labute approximate surface area is 200 Å². The lowest BCUT2D eigenvalue weighted by Crippen LogP contribution is -2.23. The smallest absolute Gasteiger partial charge is 0.251 e. The highest BCUT2D eigenvalue weighted by molar-refractivity contribution is 7.89. The zero-order valence-corrected chi connectivity index (χ0v) is 19.7. The highest BCUT2D eigenvalue weighted by Gasteiger charge is 2.14. The predicted molar refractivity (Wildman–Crippen MR) is 135 cm³/mol. The van der Waals surface area contributed by atoms with E-state index in [1.54, 1.807) is 36.4 Å². The van der Waals surface area contributed by atoms with E-state index in [0.717, 1.165) is 27.8 Å². The zero-order valence-electron chi connectivity index (χ0n) is 18.9. The van der Waals surface area contributed by atoms with Crippen LogP contribution in [0.15, 0.2) is 108 Å². The first kappa shape index (κ1) is 23.4. The molecule has 0 atom stereocenters. The Morgan fingerprint density at radius 1 is 0.706 bits per heavy atom. The number of aryl methyl sites for hydroxylation is 1. The highest BCUT2D eigenvalue weighted by atomic mass is 32.2. The second-order valence-electron chi connectivity index (χ2n) is 8.08. The molecule has 0 saturated heterocycles. The number of amides is 1. The Bertz CT molecular complexity index is 1370. The summed E-state index contributed by atoms with van der Waals surface area (Å²) in [4.78, 5) is 12.7. The van der Waals surface area contributed by atoms with Gasteiger partial charge >= 0.3 is 0 Å². The molecule has 0 aliphatic rings. The van der Waals surface area contributed by atoms with Crippen molar-refractivity contribution in [2.24, 2.45) is 0 Å². The van der Waals surface area contributed by atoms with E-state index in [1.807, 2.05) is 73.7 Å². The minimum Gasteiger partial charge on any atom is -0.348 e. The van der Waals surface area contributed by atoms with Gasteiger partial charge in [-0.2, -0.15) is 0 Å². The summed E-state index contributed by atoms with van der Waals surface area (Å²) >= 11 is 0. The topological polar surface area (TPSA) is 75.3 Å². The molecule has 4 rings (SSSR count). The van der Waals surface area contributed by atoms with Crippen molar-refractivity contribution in [1.82, 2.24) is 10.0 Å². The van der Waals surface area contributed by atoms with E-state index >= 15 is 0 Å². The summed E-state index contributed by atoms with van der Waals surface area (Å²) in [7, 11) is -3.61. The van der Waals surface area contributed by atoms with Gasteiger partial charge in [-0.05, 0) is 53.4 Å². The van der Waals surface area contributed by atoms with Crippen LogP contribution in [0.5, 0.6) is 0 Å². The van der Waals surface area contributed by atoms with Crippen LogP contribution in [-0.4, -0.2) is 14.3 Å². The number of hydrogen-bond acceptors (Lipinski definition) is 3. The molecule has 0 bridgehead atoms. The Kier molecular flexibility index (Phi) is 7.21. The fourth-order valence-corrected chi connectivity index (χ4v) is 4.62. The summed E-state index contributed by atoms with van der Waals surface area (Å²) in [6.07, 6.45) is 0. The fourth-order valence-electron chi connectivity index (χ4n) is 3.60. The highest BCUT2D eigenvalue weighted by Crippen LogP contribution is 2.22. The number of hydrogen-bond donors (Lipinski definition) is 2. The molecule has 0 saturated carbocycles. The van der Waals surface area contributed by atoms with Gasteiger partial charge < -0.3 is 5.32 Å². The van der Waals surface area contributed by atoms with Crippen LogP contribution in [0.3, 0.4) is 0 Å². The molecule has 4 aromatic rings. The largest absolute Gasteiger partial charge is 0.348 e. The molecular weight excluding hydrogens is 444 g/mol. The van der Waals surface area contributed by atoms with Crippen LogP contribution < -0.4 is 10.0 Å². The van der Waals surface area contributed by atoms with Gasteiger partial charge in [0, 0.05) is 18.7 Å². The summed E-state index contributed by atoms with van der Waals surface area (Å²) in [6.45, 7) is 2.72. The van der Waals surface area contributed by atoms with Gasteiger partial charge in [-0.15, -0.1) is 0 Å². The second-order valence-corrected chi connectivity index (χ2v) is 9.85. The van der Waals surface area contributed by atoms with Crippen LogP contribution in [0.2, 0.25) is 0 Å². The van der Waals surface area contributed by atoms with E-state index in [2.05, 4.69) is 10.0 Å². The average Bonchev–Trinajstić information content (AvgIpc) is 2.87. The van der Waals surface area contributed by atoms with Crippen LogP contribution in [0, 0.1) is 6.92 Å². The molecule has 34 heavy (non-hydrogen) atoms. The second kappa shape index (κ2) is 10.5. The Morgan fingerprint density at radius 2 is 1.32 bits per heavy atom. The molecule has 0 heterocycles. The monoisotopic (exact) mass is 470 g/mol.